The van der Waals surface area contributed by atoms with Crippen LogP contribution in [0.15, 0.2) is 49.1 Å². The number of halogens is 2. The molecule has 4 rings (SSSR count). The number of hydrogen-bond donors (Lipinski definition) is 1. The molecular weight excluding hydrogens is 370 g/mol. The number of carbonyl (C=O) groups is 1. The topological polar surface area (TPSA) is 96.5 Å². The Hall–Kier alpha value is -3.95. The molecule has 0 aliphatic rings. The van der Waals surface area contributed by atoms with E-state index in [9.17, 15) is 18.7 Å². The third kappa shape index (κ3) is 3.00. The van der Waals surface area contributed by atoms with Crippen molar-refractivity contribution in [2.24, 2.45) is 0 Å². The normalized spacial score (nSPS) is 11.0. The van der Waals surface area contributed by atoms with Crippen LogP contribution in [0.2, 0.25) is 0 Å². The van der Waals surface area contributed by atoms with Crippen molar-refractivity contribution in [1.29, 1.82) is 0 Å². The Morgan fingerprint density at radius 2 is 1.82 bits per heavy atom. The van der Waals surface area contributed by atoms with E-state index < -0.39 is 17.6 Å². The van der Waals surface area contributed by atoms with Gasteiger partial charge in [0.05, 0.1) is 12.4 Å². The fourth-order valence-electron chi connectivity index (χ4n) is 2.70. The molecule has 0 radical (unpaired) electrons. The van der Waals surface area contributed by atoms with Crippen LogP contribution >= 0.6 is 0 Å². The summed E-state index contributed by atoms with van der Waals surface area (Å²) in [7, 11) is 1.55. The number of fused-ring (bicyclic) bond motifs is 1. The van der Waals surface area contributed by atoms with Crippen molar-refractivity contribution in [2.45, 2.75) is 0 Å². The average Bonchev–Trinajstić information content (AvgIpc) is 3.10. The second-order valence-corrected chi connectivity index (χ2v) is 5.85. The molecule has 0 saturated heterocycles. The van der Waals surface area contributed by atoms with Gasteiger partial charge in [0.2, 0.25) is 0 Å². The van der Waals surface area contributed by atoms with Gasteiger partial charge in [0.25, 0.3) is 0 Å². The molecule has 140 valence electrons. The number of imidazole rings is 1. The molecule has 0 spiro atoms. The first-order valence-electron chi connectivity index (χ1n) is 8.02. The Balaban J connectivity index is 1.86. The van der Waals surface area contributed by atoms with E-state index in [2.05, 4.69) is 19.9 Å². The highest BCUT2D eigenvalue weighted by Crippen LogP contribution is 2.27. The molecule has 4 aromatic rings. The largest absolute Gasteiger partial charge is 0.477 e. The van der Waals surface area contributed by atoms with Gasteiger partial charge in [0.15, 0.2) is 11.6 Å². The number of carboxylic acids is 1. The summed E-state index contributed by atoms with van der Waals surface area (Å²) in [5.74, 6) is -1.75. The van der Waals surface area contributed by atoms with Crippen molar-refractivity contribution in [3.8, 4) is 11.5 Å². The van der Waals surface area contributed by atoms with Crippen molar-refractivity contribution >= 4 is 23.3 Å². The van der Waals surface area contributed by atoms with E-state index in [1.807, 2.05) is 0 Å². The number of hydrogen-bond acceptors (Lipinski definition) is 6. The van der Waals surface area contributed by atoms with Gasteiger partial charge in [-0.15, -0.1) is 0 Å². The first kappa shape index (κ1) is 17.5. The molecule has 0 aliphatic heterocycles. The van der Waals surface area contributed by atoms with Crippen molar-refractivity contribution < 1.29 is 18.7 Å². The summed E-state index contributed by atoms with van der Waals surface area (Å²) in [6.07, 6.45) is 4.86. The van der Waals surface area contributed by atoms with Crippen LogP contribution in [0, 0.1) is 11.6 Å². The Bertz CT molecular complexity index is 1190. The zero-order valence-corrected chi connectivity index (χ0v) is 14.4. The predicted octanol–water partition coefficient (Wildman–Crippen LogP) is 2.93. The average molecular weight is 382 g/mol. The van der Waals surface area contributed by atoms with Crippen molar-refractivity contribution in [3.05, 3.63) is 66.3 Å². The van der Waals surface area contributed by atoms with E-state index >= 15 is 0 Å². The second-order valence-electron chi connectivity index (χ2n) is 5.85. The lowest BCUT2D eigenvalue weighted by Crippen LogP contribution is -2.18. The van der Waals surface area contributed by atoms with E-state index in [-0.39, 0.29) is 23.0 Å². The van der Waals surface area contributed by atoms with Gasteiger partial charge in [-0.3, -0.25) is 4.40 Å². The van der Waals surface area contributed by atoms with E-state index in [1.165, 1.54) is 46.0 Å². The minimum atomic E-state index is -1.24. The Labute approximate surface area is 156 Å². The minimum Gasteiger partial charge on any atom is -0.477 e. The van der Waals surface area contributed by atoms with Gasteiger partial charge < -0.3 is 10.0 Å². The van der Waals surface area contributed by atoms with Gasteiger partial charge in [-0.25, -0.2) is 33.5 Å². The van der Waals surface area contributed by atoms with Gasteiger partial charge in [-0.1, -0.05) is 0 Å². The molecule has 0 aliphatic carbocycles. The molecule has 0 atom stereocenters. The number of aromatic carboxylic acids is 1. The Morgan fingerprint density at radius 1 is 1.04 bits per heavy atom. The second kappa shape index (κ2) is 6.65. The molecule has 0 bridgehead atoms. The summed E-state index contributed by atoms with van der Waals surface area (Å²) >= 11 is 0. The van der Waals surface area contributed by atoms with Gasteiger partial charge in [-0.05, 0) is 24.3 Å². The van der Waals surface area contributed by atoms with Crippen molar-refractivity contribution in [1.82, 2.24) is 24.3 Å². The first-order chi connectivity index (χ1) is 13.4. The van der Waals surface area contributed by atoms with E-state index in [0.717, 1.165) is 12.4 Å². The van der Waals surface area contributed by atoms with E-state index in [0.29, 0.717) is 11.3 Å². The quantitative estimate of drug-likeness (QED) is 0.580. The molecule has 1 N–H and O–H groups in total. The SMILES string of the molecule is CN(c1ccc(F)cn1)c1nc(-c2cnc3ccc(F)cn23)ncc1C(=O)O. The molecule has 8 nitrogen and oxygen atoms in total. The summed E-state index contributed by atoms with van der Waals surface area (Å²) in [5, 5.41) is 9.48. The number of carboxylic acid groups (broad SMARTS) is 1. The lowest BCUT2D eigenvalue weighted by molar-refractivity contribution is 0.0697. The molecule has 0 saturated carbocycles. The zero-order valence-electron chi connectivity index (χ0n) is 14.4. The summed E-state index contributed by atoms with van der Waals surface area (Å²) < 4.78 is 28.2. The highest BCUT2D eigenvalue weighted by atomic mass is 19.1. The number of rotatable bonds is 4. The standard InChI is InChI=1S/C18H12F2N6O2/c1-25(14-4-2-10(19)6-21-14)17-12(18(27)28)7-23-16(24-17)13-8-22-15-5-3-11(20)9-26(13)15/h2-9H,1H3,(H,27,28). The third-order valence-electron chi connectivity index (χ3n) is 4.07. The molecule has 0 amide bonds. The van der Waals surface area contributed by atoms with Gasteiger partial charge in [0, 0.05) is 19.4 Å². The molecule has 4 heterocycles. The highest BCUT2D eigenvalue weighted by molar-refractivity contribution is 5.94. The van der Waals surface area contributed by atoms with Crippen LogP contribution in [0.25, 0.3) is 17.2 Å². The lowest BCUT2D eigenvalue weighted by Gasteiger charge is -2.19. The van der Waals surface area contributed by atoms with Gasteiger partial charge in [0.1, 0.15) is 34.4 Å². The fraction of sp³-hybridized carbons (Fsp3) is 0.0556. The van der Waals surface area contributed by atoms with E-state index in [4.69, 9.17) is 0 Å². The molecular formula is C18H12F2N6O2. The molecule has 4 aromatic heterocycles. The molecule has 28 heavy (non-hydrogen) atoms. The van der Waals surface area contributed by atoms with Crippen molar-refractivity contribution in [2.75, 3.05) is 11.9 Å². The maximum absolute atomic E-state index is 13.6. The van der Waals surface area contributed by atoms with Crippen LogP contribution in [-0.2, 0) is 0 Å². The number of aromatic nitrogens is 5. The lowest BCUT2D eigenvalue weighted by atomic mass is 10.2. The van der Waals surface area contributed by atoms with Crippen molar-refractivity contribution in [3.63, 3.8) is 0 Å². The Kier molecular flexibility index (Phi) is 4.15. The van der Waals surface area contributed by atoms with Crippen LogP contribution in [0.1, 0.15) is 10.4 Å². The van der Waals surface area contributed by atoms with Crippen LogP contribution in [0.5, 0.6) is 0 Å². The van der Waals surface area contributed by atoms with Crippen LogP contribution in [-0.4, -0.2) is 42.5 Å². The van der Waals surface area contributed by atoms with Gasteiger partial charge >= 0.3 is 5.97 Å². The van der Waals surface area contributed by atoms with E-state index in [1.54, 1.807) is 7.05 Å². The fourth-order valence-corrected chi connectivity index (χ4v) is 2.70. The van der Waals surface area contributed by atoms with Crippen LogP contribution in [0.4, 0.5) is 20.4 Å². The number of nitrogens with zero attached hydrogens (tertiary/aromatic N) is 6. The smallest absolute Gasteiger partial charge is 0.341 e. The maximum atomic E-state index is 13.6. The molecule has 0 fully saturated rings. The summed E-state index contributed by atoms with van der Waals surface area (Å²) in [5.41, 5.74) is 0.697. The highest BCUT2D eigenvalue weighted by Gasteiger charge is 2.21. The number of anilines is 2. The summed E-state index contributed by atoms with van der Waals surface area (Å²) in [6, 6.07) is 5.38. The third-order valence-corrected chi connectivity index (χ3v) is 4.07. The van der Waals surface area contributed by atoms with Gasteiger partial charge in [-0.2, -0.15) is 0 Å². The van der Waals surface area contributed by atoms with Crippen LogP contribution < -0.4 is 4.90 Å². The molecule has 0 unspecified atom stereocenters. The first-order valence-corrected chi connectivity index (χ1v) is 8.02. The Morgan fingerprint density at radius 3 is 2.54 bits per heavy atom. The molecule has 10 heteroatoms. The van der Waals surface area contributed by atoms with Crippen LogP contribution in [0.3, 0.4) is 0 Å². The minimum absolute atomic E-state index is 0.0444. The zero-order chi connectivity index (χ0) is 19.8. The predicted molar refractivity (Wildman–Crippen MR) is 95.4 cm³/mol. The summed E-state index contributed by atoms with van der Waals surface area (Å²) in [6.45, 7) is 0. The maximum Gasteiger partial charge on any atom is 0.341 e. The number of pyridine rings is 2. The summed E-state index contributed by atoms with van der Waals surface area (Å²) in [4.78, 5) is 29.5. The molecule has 0 aromatic carbocycles. The monoisotopic (exact) mass is 382 g/mol.